The zero-order valence-electron chi connectivity index (χ0n) is 6.58. The number of rotatable bonds is 3. The van der Waals surface area contributed by atoms with E-state index in [0.29, 0.717) is 13.0 Å². The minimum atomic E-state index is -0.845. The van der Waals surface area contributed by atoms with Crippen molar-refractivity contribution in [3.8, 4) is 0 Å². The predicted molar refractivity (Wildman–Crippen MR) is 42.0 cm³/mol. The minimum Gasteiger partial charge on any atom is -0.472 e. The summed E-state index contributed by atoms with van der Waals surface area (Å²) < 4.78 is 4.85. The van der Waals surface area contributed by atoms with Crippen LogP contribution in [0.2, 0.25) is 0 Å². The smallest absolute Gasteiger partial charge is 0.0963 e. The Morgan fingerprint density at radius 1 is 1.73 bits per heavy atom. The van der Waals surface area contributed by atoms with E-state index in [1.807, 2.05) is 0 Å². The van der Waals surface area contributed by atoms with Crippen molar-refractivity contribution < 1.29 is 9.52 Å². The van der Waals surface area contributed by atoms with Crippen molar-refractivity contribution in [2.75, 3.05) is 6.54 Å². The van der Waals surface area contributed by atoms with Gasteiger partial charge >= 0.3 is 0 Å². The molecule has 3 N–H and O–H groups in total. The summed E-state index contributed by atoms with van der Waals surface area (Å²) in [5, 5.41) is 9.73. The first-order chi connectivity index (χ1) is 5.17. The molecule has 1 aromatic rings. The minimum absolute atomic E-state index is 0.470. The second kappa shape index (κ2) is 3.07. The molecule has 62 valence electrons. The lowest BCUT2D eigenvalue weighted by Gasteiger charge is -2.20. The van der Waals surface area contributed by atoms with Gasteiger partial charge in [0.25, 0.3) is 0 Å². The molecule has 0 aliphatic carbocycles. The highest BCUT2D eigenvalue weighted by Crippen LogP contribution is 2.23. The quantitative estimate of drug-likeness (QED) is 0.679. The van der Waals surface area contributed by atoms with Crippen LogP contribution in [0.5, 0.6) is 0 Å². The molecular weight excluding hydrogens is 142 g/mol. The van der Waals surface area contributed by atoms with Crippen LogP contribution in [-0.4, -0.2) is 11.7 Å². The second-order valence-electron chi connectivity index (χ2n) is 2.82. The van der Waals surface area contributed by atoms with E-state index < -0.39 is 5.60 Å². The van der Waals surface area contributed by atoms with Crippen molar-refractivity contribution in [3.63, 3.8) is 0 Å². The molecule has 0 fully saturated rings. The van der Waals surface area contributed by atoms with Crippen molar-refractivity contribution >= 4 is 0 Å². The summed E-state index contributed by atoms with van der Waals surface area (Å²) in [7, 11) is 0. The molecule has 3 nitrogen and oxygen atoms in total. The number of nitrogens with two attached hydrogens (primary N) is 1. The molecule has 11 heavy (non-hydrogen) atoms. The molecule has 1 aromatic heterocycles. The van der Waals surface area contributed by atoms with Gasteiger partial charge in [-0.3, -0.25) is 0 Å². The highest BCUT2D eigenvalue weighted by molar-refractivity contribution is 5.14. The fourth-order valence-corrected chi connectivity index (χ4v) is 0.996. The van der Waals surface area contributed by atoms with Crippen molar-refractivity contribution in [3.05, 3.63) is 24.2 Å². The third kappa shape index (κ3) is 1.82. The third-order valence-electron chi connectivity index (χ3n) is 1.77. The largest absolute Gasteiger partial charge is 0.472 e. The molecule has 1 atom stereocenters. The Kier molecular flexibility index (Phi) is 2.31. The maximum absolute atomic E-state index is 9.73. The first-order valence-electron chi connectivity index (χ1n) is 3.62. The lowest BCUT2D eigenvalue weighted by Crippen LogP contribution is -2.24. The zero-order chi connectivity index (χ0) is 8.32. The Hall–Kier alpha value is -0.800. The SMILES string of the molecule is CC(O)(CCN)c1ccoc1. The molecule has 0 saturated heterocycles. The lowest BCUT2D eigenvalue weighted by atomic mass is 9.95. The van der Waals surface area contributed by atoms with Gasteiger partial charge in [-0.25, -0.2) is 0 Å². The van der Waals surface area contributed by atoms with Gasteiger partial charge in [0.05, 0.1) is 18.1 Å². The van der Waals surface area contributed by atoms with Crippen molar-refractivity contribution in [1.82, 2.24) is 0 Å². The highest BCUT2D eigenvalue weighted by atomic mass is 16.3. The van der Waals surface area contributed by atoms with Crippen LogP contribution in [0.15, 0.2) is 23.0 Å². The van der Waals surface area contributed by atoms with Crippen LogP contribution in [0.25, 0.3) is 0 Å². The Morgan fingerprint density at radius 2 is 2.45 bits per heavy atom. The molecule has 0 saturated carbocycles. The van der Waals surface area contributed by atoms with Crippen molar-refractivity contribution in [2.24, 2.45) is 5.73 Å². The third-order valence-corrected chi connectivity index (χ3v) is 1.77. The average Bonchev–Trinajstić information content (AvgIpc) is 2.37. The summed E-state index contributed by atoms with van der Waals surface area (Å²) in [5.74, 6) is 0. The van der Waals surface area contributed by atoms with Gasteiger partial charge in [-0.1, -0.05) is 0 Å². The van der Waals surface area contributed by atoms with E-state index >= 15 is 0 Å². The van der Waals surface area contributed by atoms with Gasteiger partial charge in [0.15, 0.2) is 0 Å². The van der Waals surface area contributed by atoms with E-state index in [4.69, 9.17) is 10.2 Å². The number of furan rings is 1. The van der Waals surface area contributed by atoms with Crippen LogP contribution in [0.4, 0.5) is 0 Å². The molecule has 0 radical (unpaired) electrons. The summed E-state index contributed by atoms with van der Waals surface area (Å²) in [4.78, 5) is 0. The molecule has 0 aliphatic rings. The Labute approximate surface area is 65.8 Å². The predicted octanol–water partition coefficient (Wildman–Crippen LogP) is 0.836. The fourth-order valence-electron chi connectivity index (χ4n) is 0.996. The molecule has 3 heteroatoms. The molecule has 1 rings (SSSR count). The molecule has 0 aliphatic heterocycles. The van der Waals surface area contributed by atoms with Crippen LogP contribution >= 0.6 is 0 Å². The Balaban J connectivity index is 2.73. The highest BCUT2D eigenvalue weighted by Gasteiger charge is 2.22. The standard InChI is InChI=1S/C8H13NO2/c1-8(10,3-4-9)7-2-5-11-6-7/h2,5-6,10H,3-4,9H2,1H3. The van der Waals surface area contributed by atoms with E-state index in [1.165, 1.54) is 6.26 Å². The topological polar surface area (TPSA) is 59.4 Å². The monoisotopic (exact) mass is 155 g/mol. The van der Waals surface area contributed by atoms with Crippen LogP contribution < -0.4 is 5.73 Å². The summed E-state index contributed by atoms with van der Waals surface area (Å²) in [6, 6.07) is 1.75. The van der Waals surface area contributed by atoms with Crippen molar-refractivity contribution in [1.29, 1.82) is 0 Å². The van der Waals surface area contributed by atoms with E-state index in [-0.39, 0.29) is 0 Å². The van der Waals surface area contributed by atoms with Crippen LogP contribution in [0.1, 0.15) is 18.9 Å². The van der Waals surface area contributed by atoms with Crippen LogP contribution in [0.3, 0.4) is 0 Å². The van der Waals surface area contributed by atoms with Gasteiger partial charge in [-0.05, 0) is 26.0 Å². The average molecular weight is 155 g/mol. The first kappa shape index (κ1) is 8.30. The van der Waals surface area contributed by atoms with E-state index in [9.17, 15) is 5.11 Å². The molecule has 0 amide bonds. The molecular formula is C8H13NO2. The van der Waals surface area contributed by atoms with Crippen LogP contribution in [-0.2, 0) is 5.60 Å². The number of aliphatic hydroxyl groups is 1. The van der Waals surface area contributed by atoms with E-state index in [0.717, 1.165) is 5.56 Å². The normalized spacial score (nSPS) is 16.3. The van der Waals surface area contributed by atoms with Gasteiger partial charge < -0.3 is 15.3 Å². The summed E-state index contributed by atoms with van der Waals surface area (Å²) in [6.45, 7) is 2.20. The summed E-state index contributed by atoms with van der Waals surface area (Å²) in [6.07, 6.45) is 3.63. The molecule has 1 unspecified atom stereocenters. The second-order valence-corrected chi connectivity index (χ2v) is 2.82. The molecule has 0 bridgehead atoms. The Morgan fingerprint density at radius 3 is 2.91 bits per heavy atom. The number of hydrogen-bond donors (Lipinski definition) is 2. The summed E-state index contributed by atoms with van der Waals surface area (Å²) in [5.41, 5.74) is 5.27. The van der Waals surface area contributed by atoms with Crippen LogP contribution in [0, 0.1) is 0 Å². The van der Waals surface area contributed by atoms with Gasteiger partial charge in [-0.2, -0.15) is 0 Å². The van der Waals surface area contributed by atoms with E-state index in [1.54, 1.807) is 19.3 Å². The maximum Gasteiger partial charge on any atom is 0.0963 e. The van der Waals surface area contributed by atoms with Crippen molar-refractivity contribution in [2.45, 2.75) is 18.9 Å². The van der Waals surface area contributed by atoms with E-state index in [2.05, 4.69) is 0 Å². The molecule has 0 aromatic carbocycles. The molecule has 0 spiro atoms. The van der Waals surface area contributed by atoms with Gasteiger partial charge in [0, 0.05) is 5.56 Å². The Bertz CT molecular complexity index is 204. The zero-order valence-corrected chi connectivity index (χ0v) is 6.58. The molecule has 1 heterocycles. The fraction of sp³-hybridized carbons (Fsp3) is 0.500. The maximum atomic E-state index is 9.73. The lowest BCUT2D eigenvalue weighted by molar-refractivity contribution is 0.0498. The van der Waals surface area contributed by atoms with Gasteiger partial charge in [-0.15, -0.1) is 0 Å². The first-order valence-corrected chi connectivity index (χ1v) is 3.62. The summed E-state index contributed by atoms with van der Waals surface area (Å²) >= 11 is 0. The number of hydrogen-bond acceptors (Lipinski definition) is 3. The van der Waals surface area contributed by atoms with Gasteiger partial charge in [0.2, 0.25) is 0 Å². The van der Waals surface area contributed by atoms with Gasteiger partial charge in [0.1, 0.15) is 0 Å².